The summed E-state index contributed by atoms with van der Waals surface area (Å²) in [6.45, 7) is 3.11. The molecule has 0 aromatic carbocycles. The number of hydrogen-bond acceptors (Lipinski definition) is 4. The summed E-state index contributed by atoms with van der Waals surface area (Å²) in [4.78, 5) is 9.55. The van der Waals surface area contributed by atoms with Gasteiger partial charge in [-0.25, -0.2) is 14.4 Å². The third-order valence-electron chi connectivity index (χ3n) is 2.58. The lowest BCUT2D eigenvalue weighted by molar-refractivity contribution is 0.00244. The van der Waals surface area contributed by atoms with Gasteiger partial charge in [-0.3, -0.25) is 0 Å². The fourth-order valence-corrected chi connectivity index (χ4v) is 1.90. The monoisotopic (exact) mass is 211 g/mol. The van der Waals surface area contributed by atoms with E-state index in [1.54, 1.807) is 0 Å². The van der Waals surface area contributed by atoms with Gasteiger partial charge in [0.1, 0.15) is 0 Å². The molecule has 1 fully saturated rings. The first-order valence-corrected chi connectivity index (χ1v) is 5.08. The Hall–Kier alpha value is -1.23. The molecule has 0 amide bonds. The molecule has 0 bridgehead atoms. The van der Waals surface area contributed by atoms with Crippen molar-refractivity contribution in [3.8, 4) is 0 Å². The normalized spacial score (nSPS) is 18.7. The van der Waals surface area contributed by atoms with Crippen molar-refractivity contribution >= 4 is 5.95 Å². The third-order valence-corrected chi connectivity index (χ3v) is 2.58. The zero-order valence-electron chi connectivity index (χ0n) is 8.65. The zero-order chi connectivity index (χ0) is 10.9. The van der Waals surface area contributed by atoms with Crippen molar-refractivity contribution in [3.05, 3.63) is 18.2 Å². The molecule has 0 saturated carbocycles. The predicted octanol–water partition coefficient (Wildman–Crippen LogP) is 0.967. The minimum Gasteiger partial charge on any atom is -0.386 e. The fourth-order valence-electron chi connectivity index (χ4n) is 1.90. The van der Waals surface area contributed by atoms with E-state index in [4.69, 9.17) is 0 Å². The van der Waals surface area contributed by atoms with Gasteiger partial charge in [0.2, 0.25) is 5.95 Å². The summed E-state index contributed by atoms with van der Waals surface area (Å²) in [6.07, 6.45) is 4.01. The molecule has 1 aliphatic rings. The van der Waals surface area contributed by atoms with Crippen LogP contribution in [0.4, 0.5) is 10.3 Å². The van der Waals surface area contributed by atoms with E-state index in [1.165, 1.54) is 0 Å². The standard InChI is InChI=1S/C10H14FN3O/c1-2-3-10(15)6-14(7-10)9-12-4-8(11)5-13-9/h4-5,15H,2-3,6-7H2,1H3. The minimum absolute atomic E-state index is 0.442. The van der Waals surface area contributed by atoms with Crippen LogP contribution < -0.4 is 4.90 Å². The topological polar surface area (TPSA) is 49.2 Å². The van der Waals surface area contributed by atoms with Gasteiger partial charge in [0.25, 0.3) is 0 Å². The molecule has 1 N–H and O–H groups in total. The average Bonchev–Trinajstić information content (AvgIpc) is 2.16. The second-order valence-corrected chi connectivity index (χ2v) is 4.03. The molecule has 1 aromatic rings. The number of hydrogen-bond donors (Lipinski definition) is 1. The van der Waals surface area contributed by atoms with Crippen LogP contribution in [0.2, 0.25) is 0 Å². The fraction of sp³-hybridized carbons (Fsp3) is 0.600. The number of anilines is 1. The van der Waals surface area contributed by atoms with E-state index in [1.807, 2.05) is 11.8 Å². The maximum Gasteiger partial charge on any atom is 0.225 e. The first kappa shape index (κ1) is 10.3. The number of aliphatic hydroxyl groups is 1. The number of nitrogens with zero attached hydrogens (tertiary/aromatic N) is 3. The molecule has 82 valence electrons. The number of halogens is 1. The van der Waals surface area contributed by atoms with Crippen molar-refractivity contribution < 1.29 is 9.50 Å². The second kappa shape index (κ2) is 3.73. The molecule has 0 atom stereocenters. The molecule has 1 saturated heterocycles. The van der Waals surface area contributed by atoms with E-state index in [9.17, 15) is 9.50 Å². The average molecular weight is 211 g/mol. The van der Waals surface area contributed by atoms with E-state index < -0.39 is 11.4 Å². The number of rotatable bonds is 3. The van der Waals surface area contributed by atoms with Crippen LogP contribution in [0.3, 0.4) is 0 Å². The van der Waals surface area contributed by atoms with Crippen molar-refractivity contribution in [2.45, 2.75) is 25.4 Å². The molecule has 4 nitrogen and oxygen atoms in total. The van der Waals surface area contributed by atoms with Crippen molar-refractivity contribution in [2.24, 2.45) is 0 Å². The van der Waals surface area contributed by atoms with Crippen LogP contribution in [0.25, 0.3) is 0 Å². The highest BCUT2D eigenvalue weighted by molar-refractivity contribution is 5.36. The van der Waals surface area contributed by atoms with Gasteiger partial charge in [0.15, 0.2) is 5.82 Å². The van der Waals surface area contributed by atoms with Crippen LogP contribution in [0, 0.1) is 5.82 Å². The van der Waals surface area contributed by atoms with Crippen LogP contribution >= 0.6 is 0 Å². The summed E-state index contributed by atoms with van der Waals surface area (Å²) in [5.74, 6) is 0.0419. The molecular formula is C10H14FN3O. The molecular weight excluding hydrogens is 197 g/mol. The van der Waals surface area contributed by atoms with Crippen molar-refractivity contribution in [1.29, 1.82) is 0 Å². The van der Waals surface area contributed by atoms with E-state index in [0.717, 1.165) is 25.2 Å². The highest BCUT2D eigenvalue weighted by Crippen LogP contribution is 2.28. The molecule has 0 radical (unpaired) electrons. The highest BCUT2D eigenvalue weighted by atomic mass is 19.1. The van der Waals surface area contributed by atoms with Gasteiger partial charge >= 0.3 is 0 Å². The number of β-amino-alcohol motifs (C(OH)–C–C–N with tert-alkyl or cyclic N) is 1. The minimum atomic E-state index is -0.605. The van der Waals surface area contributed by atoms with Gasteiger partial charge in [-0.2, -0.15) is 0 Å². The van der Waals surface area contributed by atoms with Crippen LogP contribution in [0.15, 0.2) is 12.4 Å². The molecule has 15 heavy (non-hydrogen) atoms. The van der Waals surface area contributed by atoms with Gasteiger partial charge in [0, 0.05) is 0 Å². The summed E-state index contributed by atoms with van der Waals surface area (Å²) in [7, 11) is 0. The Labute approximate surface area is 87.8 Å². The van der Waals surface area contributed by atoms with Crippen LogP contribution in [0.1, 0.15) is 19.8 Å². The maximum absolute atomic E-state index is 12.6. The van der Waals surface area contributed by atoms with Crippen molar-refractivity contribution in [2.75, 3.05) is 18.0 Å². The number of aromatic nitrogens is 2. The molecule has 1 aromatic heterocycles. The smallest absolute Gasteiger partial charge is 0.225 e. The summed E-state index contributed by atoms with van der Waals surface area (Å²) in [5.41, 5.74) is -0.605. The Morgan fingerprint density at radius 3 is 2.60 bits per heavy atom. The molecule has 1 aliphatic heterocycles. The SMILES string of the molecule is CCCC1(O)CN(c2ncc(F)cn2)C1. The second-order valence-electron chi connectivity index (χ2n) is 4.03. The molecule has 2 heterocycles. The maximum atomic E-state index is 12.6. The lowest BCUT2D eigenvalue weighted by Crippen LogP contribution is -2.62. The Morgan fingerprint density at radius 2 is 2.07 bits per heavy atom. The Kier molecular flexibility index (Phi) is 2.56. The Balaban J connectivity index is 1.97. The molecule has 0 spiro atoms. The van der Waals surface area contributed by atoms with Crippen LogP contribution in [-0.2, 0) is 0 Å². The van der Waals surface area contributed by atoms with E-state index >= 15 is 0 Å². The van der Waals surface area contributed by atoms with Gasteiger partial charge in [0.05, 0.1) is 31.1 Å². The van der Waals surface area contributed by atoms with Crippen molar-refractivity contribution in [1.82, 2.24) is 9.97 Å². The predicted molar refractivity (Wildman–Crippen MR) is 54.1 cm³/mol. The van der Waals surface area contributed by atoms with Gasteiger partial charge in [-0.1, -0.05) is 13.3 Å². The molecule has 0 aliphatic carbocycles. The largest absolute Gasteiger partial charge is 0.386 e. The quantitative estimate of drug-likeness (QED) is 0.809. The molecule has 5 heteroatoms. The van der Waals surface area contributed by atoms with Gasteiger partial charge in [-0.05, 0) is 6.42 Å². The lowest BCUT2D eigenvalue weighted by Gasteiger charge is -2.46. The first-order valence-electron chi connectivity index (χ1n) is 5.08. The summed E-state index contributed by atoms with van der Waals surface area (Å²) in [5, 5.41) is 9.93. The highest BCUT2D eigenvalue weighted by Gasteiger charge is 2.41. The Bertz CT molecular complexity index is 335. The van der Waals surface area contributed by atoms with Crippen LogP contribution in [0.5, 0.6) is 0 Å². The van der Waals surface area contributed by atoms with E-state index in [2.05, 4.69) is 9.97 Å². The third kappa shape index (κ3) is 2.07. The first-order chi connectivity index (χ1) is 7.13. The summed E-state index contributed by atoms with van der Waals surface area (Å²) >= 11 is 0. The van der Waals surface area contributed by atoms with E-state index in [-0.39, 0.29) is 0 Å². The lowest BCUT2D eigenvalue weighted by atomic mass is 9.90. The Morgan fingerprint density at radius 1 is 1.47 bits per heavy atom. The van der Waals surface area contributed by atoms with Gasteiger partial charge < -0.3 is 10.0 Å². The van der Waals surface area contributed by atoms with Crippen LogP contribution in [-0.4, -0.2) is 33.8 Å². The summed E-state index contributed by atoms with van der Waals surface area (Å²) < 4.78 is 12.6. The molecule has 2 rings (SSSR count). The van der Waals surface area contributed by atoms with Crippen molar-refractivity contribution in [3.63, 3.8) is 0 Å². The molecule has 0 unspecified atom stereocenters. The summed E-state index contributed by atoms with van der Waals surface area (Å²) in [6, 6.07) is 0. The van der Waals surface area contributed by atoms with Gasteiger partial charge in [-0.15, -0.1) is 0 Å². The van der Waals surface area contributed by atoms with E-state index in [0.29, 0.717) is 19.0 Å². The zero-order valence-corrected chi connectivity index (χ0v) is 8.65.